The van der Waals surface area contributed by atoms with Crippen LogP contribution in [0.25, 0.3) is 0 Å². The molecule has 0 atom stereocenters. The van der Waals surface area contributed by atoms with Crippen LogP contribution >= 0.6 is 15.9 Å². The Morgan fingerprint density at radius 3 is 2.56 bits per heavy atom. The molecular weight excluding hydrogens is 294 g/mol. The van der Waals surface area contributed by atoms with Gasteiger partial charge in [0.15, 0.2) is 0 Å². The third-order valence-corrected chi connectivity index (χ3v) is 4.15. The fourth-order valence-electron chi connectivity index (χ4n) is 2.45. The summed E-state index contributed by atoms with van der Waals surface area (Å²) in [7, 11) is 0. The Hall–Kier alpha value is -1.13. The molecule has 2 aromatic rings. The molecule has 94 valence electrons. The van der Waals surface area contributed by atoms with Gasteiger partial charge in [0.2, 0.25) is 0 Å². The minimum absolute atomic E-state index is 0.0492. The fraction of sp³-hybridized carbons (Fsp3) is 0.357. The van der Waals surface area contributed by atoms with Gasteiger partial charge in [0.25, 0.3) is 0 Å². The Balaban J connectivity index is 1.64. The van der Waals surface area contributed by atoms with Gasteiger partial charge in [0.05, 0.1) is 6.61 Å². The molecule has 0 amide bonds. The molecule has 0 aliphatic heterocycles. The summed E-state index contributed by atoms with van der Waals surface area (Å²) in [5.74, 6) is 1.98. The first kappa shape index (κ1) is 11.9. The molecule has 4 heteroatoms. The Labute approximate surface area is 114 Å². The second-order valence-corrected chi connectivity index (χ2v) is 5.71. The number of hydrogen-bond acceptors (Lipinski definition) is 3. The summed E-state index contributed by atoms with van der Waals surface area (Å²) in [5.41, 5.74) is 2.01. The SMILES string of the molecule is OCc1cc(C2CC(c3ccc(Br)cc3)C2)on1. The number of nitrogens with zero attached hydrogens (tertiary/aromatic N) is 1. The van der Waals surface area contributed by atoms with Crippen LogP contribution in [0.3, 0.4) is 0 Å². The maximum absolute atomic E-state index is 8.95. The summed E-state index contributed by atoms with van der Waals surface area (Å²) in [6.07, 6.45) is 2.20. The molecule has 0 unspecified atom stereocenters. The Morgan fingerprint density at radius 2 is 1.94 bits per heavy atom. The van der Waals surface area contributed by atoms with Crippen molar-refractivity contribution < 1.29 is 9.63 Å². The summed E-state index contributed by atoms with van der Waals surface area (Å²) in [6, 6.07) is 10.4. The van der Waals surface area contributed by atoms with Gasteiger partial charge in [-0.2, -0.15) is 0 Å². The van der Waals surface area contributed by atoms with Crippen LogP contribution in [0.1, 0.15) is 41.7 Å². The maximum atomic E-state index is 8.95. The van der Waals surface area contributed by atoms with Crippen molar-refractivity contribution in [1.29, 1.82) is 0 Å². The molecule has 1 N–H and O–H groups in total. The summed E-state index contributed by atoms with van der Waals surface area (Å²) >= 11 is 3.45. The highest BCUT2D eigenvalue weighted by atomic mass is 79.9. The molecule has 1 fully saturated rings. The molecule has 3 nitrogen and oxygen atoms in total. The van der Waals surface area contributed by atoms with Crippen molar-refractivity contribution in [1.82, 2.24) is 5.16 Å². The highest BCUT2D eigenvalue weighted by Gasteiger charge is 2.33. The lowest BCUT2D eigenvalue weighted by molar-refractivity contribution is 0.251. The molecule has 18 heavy (non-hydrogen) atoms. The Morgan fingerprint density at radius 1 is 1.22 bits per heavy atom. The van der Waals surface area contributed by atoms with E-state index >= 15 is 0 Å². The summed E-state index contributed by atoms with van der Waals surface area (Å²) in [6.45, 7) is -0.0492. The first-order chi connectivity index (χ1) is 8.76. The molecule has 0 spiro atoms. The predicted molar refractivity (Wildman–Crippen MR) is 71.3 cm³/mol. The molecule has 1 aromatic heterocycles. The van der Waals surface area contributed by atoms with E-state index in [9.17, 15) is 0 Å². The summed E-state index contributed by atoms with van der Waals surface area (Å²) in [5, 5.41) is 12.8. The van der Waals surface area contributed by atoms with Gasteiger partial charge in [-0.3, -0.25) is 0 Å². The molecule has 1 aliphatic rings. The van der Waals surface area contributed by atoms with Crippen LogP contribution in [0, 0.1) is 0 Å². The Kier molecular flexibility index (Phi) is 3.22. The van der Waals surface area contributed by atoms with Crippen molar-refractivity contribution in [2.45, 2.75) is 31.3 Å². The standard InChI is InChI=1S/C14H14BrNO2/c15-12-3-1-9(2-4-12)10-5-11(6-10)14-7-13(8-17)16-18-14/h1-4,7,10-11,17H,5-6,8H2. The number of aliphatic hydroxyl groups is 1. The van der Waals surface area contributed by atoms with Crippen LogP contribution in [0.5, 0.6) is 0 Å². The third-order valence-electron chi connectivity index (χ3n) is 3.62. The second-order valence-electron chi connectivity index (χ2n) is 4.80. The van der Waals surface area contributed by atoms with E-state index in [2.05, 4.69) is 45.4 Å². The average Bonchev–Trinajstić information content (AvgIpc) is 2.78. The van der Waals surface area contributed by atoms with Crippen LogP contribution in [0.2, 0.25) is 0 Å². The fourth-order valence-corrected chi connectivity index (χ4v) is 2.72. The lowest BCUT2D eigenvalue weighted by atomic mass is 9.70. The van der Waals surface area contributed by atoms with Gasteiger partial charge in [-0.05, 0) is 36.5 Å². The normalized spacial score (nSPS) is 22.8. The quantitative estimate of drug-likeness (QED) is 0.942. The van der Waals surface area contributed by atoms with Gasteiger partial charge in [0.1, 0.15) is 11.5 Å². The van der Waals surface area contributed by atoms with Gasteiger partial charge in [-0.1, -0.05) is 33.2 Å². The highest BCUT2D eigenvalue weighted by Crippen LogP contribution is 2.47. The summed E-state index contributed by atoms with van der Waals surface area (Å²) in [4.78, 5) is 0. The number of aromatic nitrogens is 1. The highest BCUT2D eigenvalue weighted by molar-refractivity contribution is 9.10. The molecule has 0 bridgehead atoms. The smallest absolute Gasteiger partial charge is 0.140 e. The molecule has 0 saturated heterocycles. The molecule has 1 aliphatic carbocycles. The number of benzene rings is 1. The number of aliphatic hydroxyl groups excluding tert-OH is 1. The minimum atomic E-state index is -0.0492. The van der Waals surface area contributed by atoms with Gasteiger partial charge >= 0.3 is 0 Å². The van der Waals surface area contributed by atoms with Crippen molar-refractivity contribution in [3.63, 3.8) is 0 Å². The molecule has 1 saturated carbocycles. The van der Waals surface area contributed by atoms with Crippen molar-refractivity contribution >= 4 is 15.9 Å². The van der Waals surface area contributed by atoms with E-state index in [1.54, 1.807) is 0 Å². The molecule has 1 aromatic carbocycles. The average molecular weight is 308 g/mol. The zero-order valence-corrected chi connectivity index (χ0v) is 11.4. The lowest BCUT2D eigenvalue weighted by Gasteiger charge is -2.33. The number of rotatable bonds is 3. The van der Waals surface area contributed by atoms with Crippen LogP contribution in [0.15, 0.2) is 39.3 Å². The van der Waals surface area contributed by atoms with Crippen LogP contribution in [0.4, 0.5) is 0 Å². The first-order valence-electron chi connectivity index (χ1n) is 6.08. The molecule has 1 heterocycles. The van der Waals surface area contributed by atoms with Crippen LogP contribution in [-0.2, 0) is 6.61 Å². The van der Waals surface area contributed by atoms with Gasteiger partial charge in [-0.25, -0.2) is 0 Å². The van der Waals surface area contributed by atoms with Crippen molar-refractivity contribution in [2.24, 2.45) is 0 Å². The molecule has 0 radical (unpaired) electrons. The van der Waals surface area contributed by atoms with Crippen molar-refractivity contribution in [2.75, 3.05) is 0 Å². The molecular formula is C14H14BrNO2. The first-order valence-corrected chi connectivity index (χ1v) is 6.87. The molecule has 3 rings (SSSR count). The zero-order valence-electron chi connectivity index (χ0n) is 9.84. The predicted octanol–water partition coefficient (Wildman–Crippen LogP) is 3.59. The van der Waals surface area contributed by atoms with Crippen LogP contribution < -0.4 is 0 Å². The zero-order chi connectivity index (χ0) is 12.5. The minimum Gasteiger partial charge on any atom is -0.390 e. The van der Waals surface area contributed by atoms with E-state index in [1.807, 2.05) is 6.07 Å². The van der Waals surface area contributed by atoms with E-state index in [1.165, 1.54) is 5.56 Å². The van der Waals surface area contributed by atoms with Gasteiger partial charge in [0, 0.05) is 16.5 Å². The van der Waals surface area contributed by atoms with Crippen molar-refractivity contribution in [3.8, 4) is 0 Å². The van der Waals surface area contributed by atoms with Gasteiger partial charge in [-0.15, -0.1) is 0 Å². The number of halogens is 1. The van der Waals surface area contributed by atoms with E-state index in [0.717, 1.165) is 23.1 Å². The monoisotopic (exact) mass is 307 g/mol. The van der Waals surface area contributed by atoms with E-state index in [4.69, 9.17) is 9.63 Å². The summed E-state index contributed by atoms with van der Waals surface area (Å²) < 4.78 is 6.36. The lowest BCUT2D eigenvalue weighted by Crippen LogP contribution is -2.19. The van der Waals surface area contributed by atoms with E-state index < -0.39 is 0 Å². The largest absolute Gasteiger partial charge is 0.390 e. The van der Waals surface area contributed by atoms with Crippen molar-refractivity contribution in [3.05, 3.63) is 51.8 Å². The van der Waals surface area contributed by atoms with E-state index in [-0.39, 0.29) is 6.61 Å². The van der Waals surface area contributed by atoms with E-state index in [0.29, 0.717) is 17.5 Å². The second kappa shape index (κ2) is 4.86. The Bertz CT molecular complexity index is 529. The maximum Gasteiger partial charge on any atom is 0.140 e. The topological polar surface area (TPSA) is 46.3 Å². The van der Waals surface area contributed by atoms with Gasteiger partial charge < -0.3 is 9.63 Å². The third kappa shape index (κ3) is 2.22. The number of hydrogen-bond donors (Lipinski definition) is 1. The van der Waals surface area contributed by atoms with Crippen LogP contribution in [-0.4, -0.2) is 10.3 Å².